The first-order valence-electron chi connectivity index (χ1n) is 9.02. The first-order valence-corrected chi connectivity index (χ1v) is 9.02. The van der Waals surface area contributed by atoms with Crippen molar-refractivity contribution in [1.82, 2.24) is 10.6 Å². The second kappa shape index (κ2) is 8.86. The Bertz CT molecular complexity index is 976. The predicted molar refractivity (Wildman–Crippen MR) is 108 cm³/mol. The molecule has 2 amide bonds. The van der Waals surface area contributed by atoms with E-state index in [9.17, 15) is 9.59 Å². The fourth-order valence-corrected chi connectivity index (χ4v) is 2.75. The van der Waals surface area contributed by atoms with Gasteiger partial charge in [-0.25, -0.2) is 0 Å². The molecule has 1 aromatic heterocycles. The average Bonchev–Trinajstić information content (AvgIpc) is 3.21. The van der Waals surface area contributed by atoms with Gasteiger partial charge < -0.3 is 15.1 Å². The summed E-state index contributed by atoms with van der Waals surface area (Å²) in [5.74, 6) is -0.278. The molecule has 0 aliphatic heterocycles. The maximum absolute atomic E-state index is 12.9. The molecular formula is C23H22N2O3. The van der Waals surface area contributed by atoms with Crippen molar-refractivity contribution in [3.05, 3.63) is 101 Å². The lowest BCUT2D eigenvalue weighted by Gasteiger charge is -2.16. The molecular weight excluding hydrogens is 352 g/mol. The Morgan fingerprint density at radius 3 is 2.46 bits per heavy atom. The van der Waals surface area contributed by atoms with Crippen molar-refractivity contribution in [3.63, 3.8) is 0 Å². The summed E-state index contributed by atoms with van der Waals surface area (Å²) < 4.78 is 5.30. The number of aryl methyl sites for hydroxylation is 1. The SMILES string of the molecule is Cc1cccc(C(=O)N/C(=C\c2ccco2)C(=O)N[C@H](C)c2ccccc2)c1. The van der Waals surface area contributed by atoms with E-state index in [2.05, 4.69) is 10.6 Å². The number of nitrogens with one attached hydrogen (secondary N) is 2. The molecule has 3 rings (SSSR count). The van der Waals surface area contributed by atoms with Gasteiger partial charge in [0.15, 0.2) is 0 Å². The van der Waals surface area contributed by atoms with Gasteiger partial charge in [0.25, 0.3) is 11.8 Å². The minimum atomic E-state index is -0.395. The molecule has 0 bridgehead atoms. The highest BCUT2D eigenvalue weighted by Gasteiger charge is 2.18. The first kappa shape index (κ1) is 19.2. The second-order valence-electron chi connectivity index (χ2n) is 6.50. The van der Waals surface area contributed by atoms with Crippen molar-refractivity contribution >= 4 is 17.9 Å². The Morgan fingerprint density at radius 1 is 1.00 bits per heavy atom. The summed E-state index contributed by atoms with van der Waals surface area (Å²) in [5, 5.41) is 5.62. The summed E-state index contributed by atoms with van der Waals surface area (Å²) in [6.45, 7) is 3.80. The second-order valence-corrected chi connectivity index (χ2v) is 6.50. The standard InChI is InChI=1S/C23H22N2O3/c1-16-8-6-11-19(14-16)22(26)25-21(15-20-12-7-13-28-20)23(27)24-17(2)18-9-4-3-5-10-18/h3-15,17H,1-2H3,(H,24,27)(H,25,26)/b21-15-/t17-/m1/s1. The van der Waals surface area contributed by atoms with E-state index < -0.39 is 5.91 Å². The van der Waals surface area contributed by atoms with Crippen LogP contribution in [0.5, 0.6) is 0 Å². The van der Waals surface area contributed by atoms with Crippen LogP contribution in [0.4, 0.5) is 0 Å². The number of furan rings is 1. The molecule has 0 spiro atoms. The smallest absolute Gasteiger partial charge is 0.268 e. The lowest BCUT2D eigenvalue weighted by atomic mass is 10.1. The molecule has 0 saturated carbocycles. The zero-order valence-corrected chi connectivity index (χ0v) is 15.8. The van der Waals surface area contributed by atoms with Gasteiger partial charge in [-0.2, -0.15) is 0 Å². The molecule has 0 fully saturated rings. The van der Waals surface area contributed by atoms with E-state index in [4.69, 9.17) is 4.42 Å². The molecule has 2 aromatic carbocycles. The molecule has 0 aliphatic carbocycles. The van der Waals surface area contributed by atoms with Crippen LogP contribution < -0.4 is 10.6 Å². The van der Waals surface area contributed by atoms with Gasteiger partial charge in [-0.15, -0.1) is 0 Å². The van der Waals surface area contributed by atoms with Gasteiger partial charge in [-0.05, 0) is 43.7 Å². The third-order valence-electron chi connectivity index (χ3n) is 4.25. The van der Waals surface area contributed by atoms with E-state index in [0.717, 1.165) is 11.1 Å². The van der Waals surface area contributed by atoms with Gasteiger partial charge >= 0.3 is 0 Å². The summed E-state index contributed by atoms with van der Waals surface area (Å²) in [4.78, 5) is 25.5. The van der Waals surface area contributed by atoms with Crippen LogP contribution >= 0.6 is 0 Å². The van der Waals surface area contributed by atoms with Crippen LogP contribution in [-0.2, 0) is 4.79 Å². The van der Waals surface area contributed by atoms with E-state index in [-0.39, 0.29) is 17.6 Å². The summed E-state index contributed by atoms with van der Waals surface area (Å²) in [5.41, 5.74) is 2.53. The molecule has 3 aromatic rings. The topological polar surface area (TPSA) is 71.3 Å². The maximum atomic E-state index is 12.9. The third-order valence-corrected chi connectivity index (χ3v) is 4.25. The third kappa shape index (κ3) is 4.98. The van der Waals surface area contributed by atoms with Gasteiger partial charge in [0, 0.05) is 11.6 Å². The largest absolute Gasteiger partial charge is 0.465 e. The normalized spacial score (nSPS) is 12.3. The maximum Gasteiger partial charge on any atom is 0.268 e. The Hall–Kier alpha value is -3.60. The number of hydrogen-bond donors (Lipinski definition) is 2. The molecule has 2 N–H and O–H groups in total. The van der Waals surface area contributed by atoms with Gasteiger partial charge in [0.05, 0.1) is 12.3 Å². The molecule has 0 aliphatic rings. The summed E-state index contributed by atoms with van der Waals surface area (Å²) in [6.07, 6.45) is 3.02. The van der Waals surface area contributed by atoms with Crippen molar-refractivity contribution in [1.29, 1.82) is 0 Å². The van der Waals surface area contributed by atoms with Crippen LogP contribution in [0.2, 0.25) is 0 Å². The summed E-state index contributed by atoms with van der Waals surface area (Å²) >= 11 is 0. The Balaban J connectivity index is 1.81. The Labute approximate surface area is 164 Å². The number of rotatable bonds is 6. The van der Waals surface area contributed by atoms with Crippen molar-refractivity contribution in [3.8, 4) is 0 Å². The molecule has 5 nitrogen and oxygen atoms in total. The van der Waals surface area contributed by atoms with Crippen LogP contribution in [0.25, 0.3) is 6.08 Å². The molecule has 1 heterocycles. The van der Waals surface area contributed by atoms with Gasteiger partial charge in [-0.1, -0.05) is 48.0 Å². The van der Waals surface area contributed by atoms with Crippen molar-refractivity contribution in [2.75, 3.05) is 0 Å². The Morgan fingerprint density at radius 2 is 1.79 bits per heavy atom. The van der Waals surface area contributed by atoms with Gasteiger partial charge in [-0.3, -0.25) is 9.59 Å². The van der Waals surface area contributed by atoms with Gasteiger partial charge in [0.2, 0.25) is 0 Å². The van der Waals surface area contributed by atoms with Crippen LogP contribution in [-0.4, -0.2) is 11.8 Å². The number of carbonyl (C=O) groups excluding carboxylic acids is 2. The number of carbonyl (C=O) groups is 2. The molecule has 0 radical (unpaired) electrons. The summed E-state index contributed by atoms with van der Waals surface area (Å²) in [6, 6.07) is 20.0. The van der Waals surface area contributed by atoms with E-state index in [1.165, 1.54) is 12.3 Å². The Kier molecular flexibility index (Phi) is 6.07. The van der Waals surface area contributed by atoms with Crippen molar-refractivity contribution in [2.24, 2.45) is 0 Å². The quantitative estimate of drug-likeness (QED) is 0.634. The van der Waals surface area contributed by atoms with Crippen LogP contribution in [0.3, 0.4) is 0 Å². The number of hydrogen-bond acceptors (Lipinski definition) is 3. The fourth-order valence-electron chi connectivity index (χ4n) is 2.75. The lowest BCUT2D eigenvalue weighted by molar-refractivity contribution is -0.118. The molecule has 0 unspecified atom stereocenters. The predicted octanol–water partition coefficient (Wildman–Crippen LogP) is 4.24. The molecule has 28 heavy (non-hydrogen) atoms. The lowest BCUT2D eigenvalue weighted by Crippen LogP contribution is -2.36. The van der Waals surface area contributed by atoms with E-state index >= 15 is 0 Å². The molecule has 142 valence electrons. The highest BCUT2D eigenvalue weighted by Crippen LogP contribution is 2.14. The van der Waals surface area contributed by atoms with Crippen LogP contribution in [0, 0.1) is 6.92 Å². The van der Waals surface area contributed by atoms with Gasteiger partial charge in [0.1, 0.15) is 11.5 Å². The minimum Gasteiger partial charge on any atom is -0.465 e. The highest BCUT2D eigenvalue weighted by molar-refractivity contribution is 6.05. The van der Waals surface area contributed by atoms with Crippen molar-refractivity contribution in [2.45, 2.75) is 19.9 Å². The van der Waals surface area contributed by atoms with E-state index in [0.29, 0.717) is 11.3 Å². The zero-order chi connectivity index (χ0) is 19.9. The minimum absolute atomic E-state index is 0.115. The number of amides is 2. The number of benzene rings is 2. The summed E-state index contributed by atoms with van der Waals surface area (Å²) in [7, 11) is 0. The average molecular weight is 374 g/mol. The molecule has 0 saturated heterocycles. The fraction of sp³-hybridized carbons (Fsp3) is 0.130. The van der Waals surface area contributed by atoms with E-state index in [1.807, 2.05) is 50.2 Å². The van der Waals surface area contributed by atoms with E-state index in [1.54, 1.807) is 30.3 Å². The first-order chi connectivity index (χ1) is 13.5. The van der Waals surface area contributed by atoms with Crippen molar-refractivity contribution < 1.29 is 14.0 Å². The van der Waals surface area contributed by atoms with Crippen LogP contribution in [0.15, 0.2) is 83.1 Å². The monoisotopic (exact) mass is 374 g/mol. The molecule has 1 atom stereocenters. The zero-order valence-electron chi connectivity index (χ0n) is 15.8. The highest BCUT2D eigenvalue weighted by atomic mass is 16.3. The molecule has 5 heteroatoms. The van der Waals surface area contributed by atoms with Crippen LogP contribution in [0.1, 0.15) is 40.2 Å².